The highest BCUT2D eigenvalue weighted by molar-refractivity contribution is 7.86. The van der Waals surface area contributed by atoms with E-state index in [2.05, 4.69) is 103 Å². The fourth-order valence-electron chi connectivity index (χ4n) is 12.4. The lowest BCUT2D eigenvalue weighted by Gasteiger charge is -2.16. The number of aromatic nitrogens is 6. The highest BCUT2D eigenvalue weighted by atomic mass is 32.2. The number of aryl methyl sites for hydroxylation is 4. The van der Waals surface area contributed by atoms with E-state index in [1.165, 1.54) is 72.8 Å². The first-order valence-corrected chi connectivity index (χ1v) is 46.3. The van der Waals surface area contributed by atoms with Crippen LogP contribution in [0, 0.1) is 27.7 Å². The van der Waals surface area contributed by atoms with Gasteiger partial charge in [0, 0.05) is 37.7 Å². The Bertz CT molecular complexity index is 7380. The molecule has 0 radical (unpaired) electrons. The quantitative estimate of drug-likeness (QED) is 0.0102. The third-order valence-electron chi connectivity index (χ3n) is 19.2. The van der Waals surface area contributed by atoms with Crippen LogP contribution in [0.4, 0.5) is 126 Å². The zero-order valence-corrected chi connectivity index (χ0v) is 74.5. The van der Waals surface area contributed by atoms with Gasteiger partial charge in [-0.3, -0.25) is 18.2 Å². The number of azo groups is 8. The predicted octanol–water partition coefficient (Wildman–Crippen LogP) is 25.0. The Hall–Kier alpha value is -15.9. The molecule has 14 rings (SSSR count). The molecule has 0 aliphatic heterocycles. The number of hydrogen-bond acceptors (Lipinski definition) is 35. The van der Waals surface area contributed by atoms with Crippen LogP contribution in [0.2, 0.25) is 0 Å². The van der Waals surface area contributed by atoms with Crippen LogP contribution >= 0.6 is 0 Å². The zero-order chi connectivity index (χ0) is 93.7. The second-order valence-electron chi connectivity index (χ2n) is 29.3. The van der Waals surface area contributed by atoms with Crippen LogP contribution in [-0.4, -0.2) is 101 Å². The summed E-state index contributed by atoms with van der Waals surface area (Å²) >= 11 is 0. The van der Waals surface area contributed by atoms with Gasteiger partial charge in [0.1, 0.15) is 38.6 Å². The molecule has 0 spiro atoms. The Balaban J connectivity index is 0.727. The number of anilines is 6. The first kappa shape index (κ1) is 93.3. The van der Waals surface area contributed by atoms with E-state index in [1.807, 2.05) is 76.2 Å². The summed E-state index contributed by atoms with van der Waals surface area (Å²) in [6, 6.07) is 69.6. The van der Waals surface area contributed by atoms with Gasteiger partial charge < -0.3 is 26.0 Å². The van der Waals surface area contributed by atoms with Gasteiger partial charge in [-0.15, -0.1) is 10.2 Å². The fourth-order valence-corrected chi connectivity index (χ4v) is 14.7. The third kappa shape index (κ3) is 26.9. The average molecular weight is 1860 g/mol. The maximum Gasteiger partial charge on any atom is 0.296 e. The summed E-state index contributed by atoms with van der Waals surface area (Å²) in [7, 11) is -18.4. The number of rotatable bonds is 37. The van der Waals surface area contributed by atoms with Crippen LogP contribution < -0.4 is 26.0 Å². The van der Waals surface area contributed by atoms with Gasteiger partial charge >= 0.3 is 0 Å². The molecular formula is C90H80N26O13S4. The van der Waals surface area contributed by atoms with Gasteiger partial charge in [-0.05, 0) is 262 Å². The van der Waals surface area contributed by atoms with E-state index in [-0.39, 0.29) is 94.6 Å². The summed E-state index contributed by atoms with van der Waals surface area (Å²) in [5.74, 6) is 1.59. The number of nitrogens with one attached hydrogen (secondary N) is 4. The van der Waals surface area contributed by atoms with Crippen molar-refractivity contribution in [1.29, 1.82) is 0 Å². The Kier molecular flexibility index (Phi) is 29.8. The van der Waals surface area contributed by atoms with Crippen LogP contribution in [0.3, 0.4) is 0 Å². The number of benzene rings is 12. The van der Waals surface area contributed by atoms with E-state index in [9.17, 15) is 51.9 Å². The molecule has 672 valence electrons. The molecule has 0 unspecified atom stereocenters. The predicted molar refractivity (Wildman–Crippen MR) is 498 cm³/mol. The summed E-state index contributed by atoms with van der Waals surface area (Å²) in [4.78, 5) is 27.7. The van der Waals surface area contributed by atoms with Crippen molar-refractivity contribution in [3.05, 3.63) is 306 Å². The molecule has 133 heavy (non-hydrogen) atoms. The molecule has 2 heterocycles. The molecule has 0 amide bonds. The van der Waals surface area contributed by atoms with E-state index in [4.69, 9.17) is 34.6 Å². The summed E-state index contributed by atoms with van der Waals surface area (Å²) in [5, 5.41) is 82.0. The van der Waals surface area contributed by atoms with E-state index in [0.717, 1.165) is 40.8 Å². The fraction of sp³-hybridized carbons (Fsp3) is 0.133. The van der Waals surface area contributed by atoms with Crippen molar-refractivity contribution >= 4 is 167 Å². The molecule has 39 nitrogen and oxygen atoms in total. The van der Waals surface area contributed by atoms with Crippen LogP contribution in [0.25, 0.3) is 0 Å². The normalized spacial score (nSPS) is 12.3. The summed E-state index contributed by atoms with van der Waals surface area (Å²) in [6.07, 6.45) is 1.91. The molecule has 0 aliphatic carbocycles. The van der Waals surface area contributed by atoms with Gasteiger partial charge in [0.15, 0.2) is 0 Å². The van der Waals surface area contributed by atoms with Gasteiger partial charge in [0.25, 0.3) is 40.5 Å². The van der Waals surface area contributed by atoms with Crippen molar-refractivity contribution in [2.75, 3.05) is 41.0 Å². The second-order valence-corrected chi connectivity index (χ2v) is 35.0. The molecule has 0 atom stereocenters. The molecular weight excluding hydrogens is 1780 g/mol. The van der Waals surface area contributed by atoms with Gasteiger partial charge in [0.2, 0.25) is 23.8 Å². The van der Waals surface area contributed by atoms with Crippen LogP contribution in [0.1, 0.15) is 64.8 Å². The largest absolute Gasteiger partial charge is 0.491 e. The van der Waals surface area contributed by atoms with E-state index < -0.39 is 50.3 Å². The van der Waals surface area contributed by atoms with E-state index >= 15 is 0 Å². The molecule has 0 saturated carbocycles. The minimum Gasteiger partial charge on any atom is -0.491 e. The van der Waals surface area contributed by atoms with Crippen LogP contribution in [0.5, 0.6) is 5.75 Å². The minimum absolute atomic E-state index is 0.0542. The Morgan fingerprint density at radius 1 is 0.301 bits per heavy atom. The third-order valence-corrected chi connectivity index (χ3v) is 22.7. The Morgan fingerprint density at radius 3 is 1.04 bits per heavy atom. The molecule has 0 fully saturated rings. The lowest BCUT2D eigenvalue weighted by atomic mass is 10.1. The van der Waals surface area contributed by atoms with Crippen molar-refractivity contribution < 1.29 is 56.6 Å². The lowest BCUT2D eigenvalue weighted by Crippen LogP contribution is -2.19. The number of unbranched alkanes of at least 4 members (excludes halogenated alkanes) is 1. The Morgan fingerprint density at radius 2 is 0.632 bits per heavy atom. The standard InChI is InChI=1S/C90H80N26O13S4/c1-6-7-46-129-82-55-80(116-115-79-43-34-72(54-84(79)133(126,127)128)110-102-63-16-12-9-13-17-63)59(5)50-81(82)94-90-99-88(98-89(100-90)93-70-32-41-77(58(4)49-70)112-108-67-26-22-65(23-27-67)104-106-69-30-37-74(38-31-69)131(120,121)122)92-45-44-91-87-96-85(51-60-18-39-75(56(2)47-60)111-107-66-24-20-64(21-25-66)103-105-68-28-35-73(36-29-68)130(117,118)119)95-86(97-87)52-61-19-40-76(57(3)48-61)113-114-78-42-33-71(53-83(78)132(123,124)125)109-101-62-14-10-8-11-15-62/h8-43,47-50,53-55H,6-7,44-46,51-52H2,1-5H3,(H,117,118,119)(H,120,121,122)(H,123,124,125)(H,126,127,128)(H,91,95,96,97)(H3,92,93,94,98,99,100). The monoisotopic (exact) mass is 1860 g/mol. The van der Waals surface area contributed by atoms with Crippen molar-refractivity contribution in [2.24, 2.45) is 81.8 Å². The molecule has 0 aliphatic rings. The second kappa shape index (κ2) is 42.6. The smallest absolute Gasteiger partial charge is 0.296 e. The van der Waals surface area contributed by atoms with Gasteiger partial charge in [-0.2, -0.15) is 130 Å². The first-order valence-electron chi connectivity index (χ1n) is 40.5. The van der Waals surface area contributed by atoms with Crippen molar-refractivity contribution in [1.82, 2.24) is 29.9 Å². The molecule has 14 aromatic rings. The first-order chi connectivity index (χ1) is 63.9. The zero-order valence-electron chi connectivity index (χ0n) is 71.2. The van der Waals surface area contributed by atoms with Gasteiger partial charge in [-0.25, -0.2) is 4.98 Å². The van der Waals surface area contributed by atoms with Crippen molar-refractivity contribution in [3.63, 3.8) is 0 Å². The van der Waals surface area contributed by atoms with Gasteiger partial charge in [0.05, 0.1) is 102 Å². The SMILES string of the molecule is CCCCOc1cc(N=Nc2ccc(N=Nc3ccccc3)cc2S(=O)(=O)O)c(C)cc1Nc1nc(NCCNc2nc(Cc3ccc(N=Nc4ccc(N=Nc5ccc(S(=O)(=O)O)cc5)cc4)c(C)c3)nc(Cc3ccc(N=Nc4ccc(N=Nc5ccccc5)cc4S(=O)(=O)O)c(C)c3)n2)nc(Nc2ccc(N=Nc3ccc(N=Nc4ccc(S(=O)(=O)O)cc4)cc3)c(C)c2)n1. The molecule has 0 bridgehead atoms. The lowest BCUT2D eigenvalue weighted by molar-refractivity contribution is 0.311. The summed E-state index contributed by atoms with van der Waals surface area (Å²) < 4.78 is 143. The average Bonchev–Trinajstić information content (AvgIpc) is 0.804. The summed E-state index contributed by atoms with van der Waals surface area (Å²) in [6.45, 7) is 9.97. The summed E-state index contributed by atoms with van der Waals surface area (Å²) in [5.41, 5.74) is 10.9. The highest BCUT2D eigenvalue weighted by Crippen LogP contribution is 2.40. The van der Waals surface area contributed by atoms with Crippen molar-refractivity contribution in [3.8, 4) is 5.75 Å². The number of ether oxygens (including phenoxy) is 1. The highest BCUT2D eigenvalue weighted by Gasteiger charge is 2.22. The molecule has 2 aromatic heterocycles. The maximum absolute atomic E-state index is 12.8. The minimum atomic E-state index is -4.85. The van der Waals surface area contributed by atoms with Crippen molar-refractivity contribution in [2.45, 2.75) is 79.9 Å². The molecule has 0 saturated heterocycles. The molecule has 8 N–H and O–H groups in total. The Labute approximate surface area is 762 Å². The number of nitrogens with zero attached hydrogens (tertiary/aromatic N) is 22. The number of hydrogen-bond donors (Lipinski definition) is 8. The van der Waals surface area contributed by atoms with Gasteiger partial charge in [-0.1, -0.05) is 74.0 Å². The topological polar surface area (TPSA) is 550 Å². The van der Waals surface area contributed by atoms with Crippen LogP contribution in [-0.2, 0) is 53.3 Å². The van der Waals surface area contributed by atoms with E-state index in [1.54, 1.807) is 134 Å². The molecule has 12 aromatic carbocycles. The maximum atomic E-state index is 12.8. The molecule has 43 heteroatoms. The van der Waals surface area contributed by atoms with E-state index in [0.29, 0.717) is 109 Å². The van der Waals surface area contributed by atoms with Crippen LogP contribution in [0.15, 0.2) is 362 Å².